The summed E-state index contributed by atoms with van der Waals surface area (Å²) in [5.41, 5.74) is 9.79. The Morgan fingerprint density at radius 3 is 2.78 bits per heavy atom. The molecule has 1 saturated carbocycles. The Balaban J connectivity index is 1.15. The van der Waals surface area contributed by atoms with E-state index in [0.717, 1.165) is 52.3 Å². The Hall–Kier alpha value is -4.47. The van der Waals surface area contributed by atoms with E-state index >= 15 is 0 Å². The topological polar surface area (TPSA) is 114 Å². The van der Waals surface area contributed by atoms with Crippen LogP contribution in [0.4, 0.5) is 10.2 Å². The van der Waals surface area contributed by atoms with Gasteiger partial charge in [0.25, 0.3) is 5.91 Å². The van der Waals surface area contributed by atoms with Gasteiger partial charge in [0.2, 0.25) is 0 Å². The van der Waals surface area contributed by atoms with E-state index in [-0.39, 0.29) is 11.5 Å². The van der Waals surface area contributed by atoms with Crippen LogP contribution in [-0.4, -0.2) is 50.4 Å². The molecule has 3 atom stereocenters. The quantitative estimate of drug-likeness (QED) is 0.369. The lowest BCUT2D eigenvalue weighted by Gasteiger charge is -2.22. The molecular formula is C27H24FN7O2. The summed E-state index contributed by atoms with van der Waals surface area (Å²) in [6, 6.07) is 10.9. The molecule has 1 unspecified atom stereocenters. The van der Waals surface area contributed by atoms with Gasteiger partial charge in [-0.25, -0.2) is 13.9 Å². The highest BCUT2D eigenvalue weighted by atomic mass is 19.1. The fourth-order valence-electron chi connectivity index (χ4n) is 5.99. The Labute approximate surface area is 211 Å². The smallest absolute Gasteiger partial charge is 0.251 e. The lowest BCUT2D eigenvalue weighted by atomic mass is 9.99. The number of hydrogen-bond donors (Lipinski definition) is 2. The maximum absolute atomic E-state index is 14.3. The predicted molar refractivity (Wildman–Crippen MR) is 136 cm³/mol. The summed E-state index contributed by atoms with van der Waals surface area (Å²) in [5.74, 6) is 1.23. The number of H-pyrrole nitrogens is 1. The number of amides is 1. The van der Waals surface area contributed by atoms with Crippen molar-refractivity contribution >= 4 is 28.3 Å². The van der Waals surface area contributed by atoms with Gasteiger partial charge in [-0.3, -0.25) is 9.89 Å². The van der Waals surface area contributed by atoms with Crippen LogP contribution in [0.3, 0.4) is 0 Å². The molecule has 2 aliphatic rings. The lowest BCUT2D eigenvalue weighted by molar-refractivity contribution is 0.0995. The molecule has 186 valence electrons. The van der Waals surface area contributed by atoms with E-state index in [4.69, 9.17) is 15.5 Å². The first-order chi connectivity index (χ1) is 18.0. The fraction of sp³-hybridized carbons (Fsp3) is 0.259. The molecule has 5 heterocycles. The number of fused-ring (bicyclic) bond motifs is 4. The molecule has 0 radical (unpaired) electrons. The second-order valence-corrected chi connectivity index (χ2v) is 9.68. The van der Waals surface area contributed by atoms with E-state index in [1.807, 2.05) is 42.0 Å². The minimum Gasteiger partial charge on any atom is -0.492 e. The summed E-state index contributed by atoms with van der Waals surface area (Å²) >= 11 is 0. The van der Waals surface area contributed by atoms with Crippen molar-refractivity contribution in [3.05, 3.63) is 71.9 Å². The number of nitrogens with two attached hydrogens (primary N) is 1. The average Bonchev–Trinajstić information content (AvgIpc) is 3.25. The number of aromatic nitrogens is 5. The van der Waals surface area contributed by atoms with E-state index in [1.165, 1.54) is 6.07 Å². The van der Waals surface area contributed by atoms with Crippen LogP contribution in [0.5, 0.6) is 5.75 Å². The maximum Gasteiger partial charge on any atom is 0.251 e. The number of piperidine rings is 1. The maximum atomic E-state index is 14.3. The molecule has 5 aromatic rings. The summed E-state index contributed by atoms with van der Waals surface area (Å²) in [4.78, 5) is 18.9. The second-order valence-electron chi connectivity index (χ2n) is 9.68. The monoisotopic (exact) mass is 497 g/mol. The largest absolute Gasteiger partial charge is 0.492 e. The standard InChI is InChI=1S/C27H24FN7O2/c1-2-37-15-8-17(25-18-10-31-32-27(18)33-35(25)11-15)14-6-7-22(30-9-14)34-12-19-20(13-34)23(19)16-4-3-5-21(28)24(16)26(29)36/h3-11,19-20,23H,2,12-13H2,1H3,(H2,29,36)(H,32,33)/t19-,20+,23?. The molecule has 9 nitrogen and oxygen atoms in total. The molecular weight excluding hydrogens is 473 g/mol. The zero-order valence-electron chi connectivity index (χ0n) is 20.1. The van der Waals surface area contributed by atoms with Crippen LogP contribution in [0.2, 0.25) is 0 Å². The van der Waals surface area contributed by atoms with Gasteiger partial charge in [-0.2, -0.15) is 5.10 Å². The van der Waals surface area contributed by atoms with Crippen LogP contribution in [-0.2, 0) is 0 Å². The zero-order chi connectivity index (χ0) is 25.3. The lowest BCUT2D eigenvalue weighted by Crippen LogP contribution is -2.25. The number of halogens is 1. The molecule has 37 heavy (non-hydrogen) atoms. The van der Waals surface area contributed by atoms with Crippen molar-refractivity contribution in [2.24, 2.45) is 17.6 Å². The van der Waals surface area contributed by atoms with Crippen LogP contribution in [0.1, 0.15) is 28.8 Å². The number of nitrogens with zero attached hydrogens (tertiary/aromatic N) is 5. The molecule has 3 N–H and O–H groups in total. The van der Waals surface area contributed by atoms with Crippen LogP contribution in [0.25, 0.3) is 27.7 Å². The van der Waals surface area contributed by atoms with Gasteiger partial charge in [0, 0.05) is 30.4 Å². The molecule has 4 aromatic heterocycles. The van der Waals surface area contributed by atoms with Gasteiger partial charge < -0.3 is 15.4 Å². The molecule has 1 aromatic carbocycles. The molecule has 2 fully saturated rings. The van der Waals surface area contributed by atoms with Crippen molar-refractivity contribution < 1.29 is 13.9 Å². The van der Waals surface area contributed by atoms with Crippen molar-refractivity contribution in [1.82, 2.24) is 24.8 Å². The first-order valence-electron chi connectivity index (χ1n) is 12.3. The van der Waals surface area contributed by atoms with E-state index in [0.29, 0.717) is 24.1 Å². The number of ether oxygens (including phenoxy) is 1. The molecule has 1 amide bonds. The van der Waals surface area contributed by atoms with Crippen molar-refractivity contribution in [2.75, 3.05) is 24.6 Å². The zero-order valence-corrected chi connectivity index (χ0v) is 20.1. The Bertz CT molecular complexity index is 1660. The second kappa shape index (κ2) is 8.02. The molecule has 10 heteroatoms. The molecule has 1 aliphatic heterocycles. The summed E-state index contributed by atoms with van der Waals surface area (Å²) < 4.78 is 21.9. The number of carbonyl (C=O) groups is 1. The van der Waals surface area contributed by atoms with Gasteiger partial charge in [-0.05, 0) is 54.5 Å². The minimum absolute atomic E-state index is 0.0307. The normalized spacial score (nSPS) is 20.5. The molecule has 0 bridgehead atoms. The number of nitrogens with one attached hydrogen (secondary N) is 1. The number of pyridine rings is 2. The molecule has 1 aliphatic carbocycles. The number of rotatable bonds is 6. The third-order valence-corrected chi connectivity index (χ3v) is 7.64. The number of benzene rings is 1. The number of carbonyl (C=O) groups excluding carboxylic acids is 1. The van der Waals surface area contributed by atoms with Crippen molar-refractivity contribution in [3.8, 4) is 16.9 Å². The third kappa shape index (κ3) is 3.35. The van der Waals surface area contributed by atoms with Gasteiger partial charge in [0.1, 0.15) is 17.4 Å². The van der Waals surface area contributed by atoms with Crippen molar-refractivity contribution in [2.45, 2.75) is 12.8 Å². The van der Waals surface area contributed by atoms with E-state index in [2.05, 4.69) is 26.3 Å². The van der Waals surface area contributed by atoms with E-state index < -0.39 is 11.7 Å². The van der Waals surface area contributed by atoms with Gasteiger partial charge in [-0.15, -0.1) is 5.10 Å². The molecule has 0 spiro atoms. The van der Waals surface area contributed by atoms with Gasteiger partial charge in [0.15, 0.2) is 5.65 Å². The van der Waals surface area contributed by atoms with Gasteiger partial charge in [0.05, 0.1) is 35.5 Å². The summed E-state index contributed by atoms with van der Waals surface area (Å²) in [5, 5.41) is 12.6. The number of anilines is 1. The Morgan fingerprint density at radius 2 is 2.05 bits per heavy atom. The SMILES string of the molecule is CCOc1cc(-c2ccc(N3C[C@@H]4C(c5cccc(F)c5C(N)=O)[C@@H]4C3)nc2)c2c3cn[nH]c3nn2c1. The van der Waals surface area contributed by atoms with E-state index in [9.17, 15) is 9.18 Å². The first-order valence-corrected chi connectivity index (χ1v) is 12.3. The Morgan fingerprint density at radius 1 is 1.22 bits per heavy atom. The number of aromatic amines is 1. The van der Waals surface area contributed by atoms with Crippen molar-refractivity contribution in [3.63, 3.8) is 0 Å². The van der Waals surface area contributed by atoms with Crippen LogP contribution in [0, 0.1) is 17.7 Å². The fourth-order valence-corrected chi connectivity index (χ4v) is 5.99. The predicted octanol–water partition coefficient (Wildman–Crippen LogP) is 3.76. The third-order valence-electron chi connectivity index (χ3n) is 7.64. The summed E-state index contributed by atoms with van der Waals surface area (Å²) in [7, 11) is 0. The van der Waals surface area contributed by atoms with E-state index in [1.54, 1.807) is 12.3 Å². The summed E-state index contributed by atoms with van der Waals surface area (Å²) in [6.07, 6.45) is 5.52. The van der Waals surface area contributed by atoms with Gasteiger partial charge >= 0.3 is 0 Å². The average molecular weight is 498 g/mol. The van der Waals surface area contributed by atoms with Crippen molar-refractivity contribution in [1.29, 1.82) is 0 Å². The van der Waals surface area contributed by atoms with Crippen LogP contribution >= 0.6 is 0 Å². The highest BCUT2D eigenvalue weighted by Crippen LogP contribution is 2.59. The summed E-state index contributed by atoms with van der Waals surface area (Å²) in [6.45, 7) is 4.11. The van der Waals surface area contributed by atoms with Gasteiger partial charge in [-0.1, -0.05) is 12.1 Å². The molecule has 1 saturated heterocycles. The number of primary amides is 1. The highest BCUT2D eigenvalue weighted by Gasteiger charge is 2.57. The van der Waals surface area contributed by atoms with Crippen LogP contribution < -0.4 is 15.4 Å². The highest BCUT2D eigenvalue weighted by molar-refractivity contribution is 6.01. The number of hydrogen-bond acceptors (Lipinski definition) is 6. The molecule has 7 rings (SSSR count). The van der Waals surface area contributed by atoms with Crippen LogP contribution in [0.15, 0.2) is 55.0 Å². The first kappa shape index (κ1) is 21.8. The minimum atomic E-state index is -0.708. The Kier molecular flexibility index (Phi) is 4.72.